The second-order valence-corrected chi connectivity index (χ2v) is 8.41. The van der Waals surface area contributed by atoms with E-state index < -0.39 is 6.10 Å². The standard InChI is InChI=1S/C22H16BrN3O3S/c23-16-5-3-15(4-6-16)19-12-30-21-20(19)22(28)26(13-25-21)10-17(27)11-29-18-7-1-14(9-24)2-8-18/h1-8,12-13,17,27H,10-11H2. The van der Waals surface area contributed by atoms with Crippen LogP contribution in [-0.4, -0.2) is 27.4 Å². The predicted octanol–water partition coefficient (Wildman–Crippen LogP) is 4.20. The van der Waals surface area contributed by atoms with Crippen molar-refractivity contribution in [2.24, 2.45) is 0 Å². The molecule has 0 saturated heterocycles. The van der Waals surface area contributed by atoms with Gasteiger partial charge in [0.15, 0.2) is 0 Å². The van der Waals surface area contributed by atoms with E-state index in [9.17, 15) is 9.90 Å². The van der Waals surface area contributed by atoms with E-state index in [-0.39, 0.29) is 18.7 Å². The first-order valence-electron chi connectivity index (χ1n) is 9.09. The molecule has 4 aromatic rings. The Balaban J connectivity index is 1.53. The summed E-state index contributed by atoms with van der Waals surface area (Å²) in [4.78, 5) is 18.1. The second kappa shape index (κ2) is 8.79. The molecule has 6 nitrogen and oxygen atoms in total. The molecule has 0 spiro atoms. The largest absolute Gasteiger partial charge is 0.491 e. The van der Waals surface area contributed by atoms with Crippen LogP contribution in [0.2, 0.25) is 0 Å². The lowest BCUT2D eigenvalue weighted by molar-refractivity contribution is 0.0915. The molecule has 8 heteroatoms. The van der Waals surface area contributed by atoms with Gasteiger partial charge in [-0.25, -0.2) is 4.98 Å². The average molecular weight is 482 g/mol. The van der Waals surface area contributed by atoms with Crippen LogP contribution in [-0.2, 0) is 6.54 Å². The molecule has 0 aliphatic carbocycles. The maximum atomic E-state index is 13.1. The lowest BCUT2D eigenvalue weighted by Gasteiger charge is -2.14. The number of thiophene rings is 1. The van der Waals surface area contributed by atoms with Crippen molar-refractivity contribution in [3.63, 3.8) is 0 Å². The molecule has 2 aromatic carbocycles. The number of fused-ring (bicyclic) bond motifs is 1. The summed E-state index contributed by atoms with van der Waals surface area (Å²) < 4.78 is 7.93. The summed E-state index contributed by atoms with van der Waals surface area (Å²) in [6, 6.07) is 16.4. The van der Waals surface area contributed by atoms with E-state index in [1.54, 1.807) is 24.3 Å². The lowest BCUT2D eigenvalue weighted by atomic mass is 10.1. The maximum absolute atomic E-state index is 13.1. The molecule has 0 radical (unpaired) electrons. The Morgan fingerprint density at radius 1 is 1.20 bits per heavy atom. The number of halogens is 1. The highest BCUT2D eigenvalue weighted by atomic mass is 79.9. The zero-order valence-electron chi connectivity index (χ0n) is 15.7. The number of benzene rings is 2. The van der Waals surface area contributed by atoms with Gasteiger partial charge in [-0.05, 0) is 42.0 Å². The minimum Gasteiger partial charge on any atom is -0.491 e. The number of nitrogens with zero attached hydrogens (tertiary/aromatic N) is 3. The Labute approximate surface area is 184 Å². The normalized spacial score (nSPS) is 11.9. The molecule has 0 saturated carbocycles. The molecule has 4 rings (SSSR count). The van der Waals surface area contributed by atoms with Crippen molar-refractivity contribution < 1.29 is 9.84 Å². The molecule has 30 heavy (non-hydrogen) atoms. The minimum atomic E-state index is -0.896. The molecule has 0 fully saturated rings. The molecule has 2 aromatic heterocycles. The first-order valence-corrected chi connectivity index (χ1v) is 10.8. The summed E-state index contributed by atoms with van der Waals surface area (Å²) in [5, 5.41) is 21.7. The van der Waals surface area contributed by atoms with Gasteiger partial charge in [-0.1, -0.05) is 28.1 Å². The van der Waals surface area contributed by atoms with Crippen LogP contribution in [0.25, 0.3) is 21.3 Å². The van der Waals surface area contributed by atoms with Crippen molar-refractivity contribution in [1.82, 2.24) is 9.55 Å². The van der Waals surface area contributed by atoms with E-state index in [2.05, 4.69) is 20.9 Å². The summed E-state index contributed by atoms with van der Waals surface area (Å²) in [6.07, 6.45) is 0.560. The molecule has 0 amide bonds. The molecule has 0 aliphatic rings. The molecule has 1 N–H and O–H groups in total. The van der Waals surface area contributed by atoms with E-state index in [0.29, 0.717) is 21.5 Å². The van der Waals surface area contributed by atoms with E-state index in [4.69, 9.17) is 10.00 Å². The Bertz CT molecular complexity index is 1270. The van der Waals surface area contributed by atoms with Gasteiger partial charge >= 0.3 is 0 Å². The fourth-order valence-electron chi connectivity index (χ4n) is 3.04. The number of hydrogen-bond acceptors (Lipinski definition) is 6. The van der Waals surface area contributed by atoms with Gasteiger partial charge in [-0.3, -0.25) is 9.36 Å². The van der Waals surface area contributed by atoms with Crippen molar-refractivity contribution in [2.75, 3.05) is 6.61 Å². The van der Waals surface area contributed by atoms with Crippen LogP contribution in [0.5, 0.6) is 5.75 Å². The SMILES string of the molecule is N#Cc1ccc(OCC(O)Cn2cnc3scc(-c4ccc(Br)cc4)c3c2=O)cc1. The maximum Gasteiger partial charge on any atom is 0.262 e. The number of ether oxygens (including phenoxy) is 1. The minimum absolute atomic E-state index is 0.0135. The van der Waals surface area contributed by atoms with Crippen LogP contribution in [0.4, 0.5) is 0 Å². The highest BCUT2D eigenvalue weighted by Crippen LogP contribution is 2.31. The highest BCUT2D eigenvalue weighted by Gasteiger charge is 2.15. The van der Waals surface area contributed by atoms with Crippen LogP contribution < -0.4 is 10.3 Å². The van der Waals surface area contributed by atoms with E-state index in [1.807, 2.05) is 35.7 Å². The molecule has 0 aliphatic heterocycles. The van der Waals surface area contributed by atoms with E-state index >= 15 is 0 Å². The summed E-state index contributed by atoms with van der Waals surface area (Å²) in [7, 11) is 0. The van der Waals surface area contributed by atoms with Gasteiger partial charge in [0.05, 0.1) is 29.9 Å². The van der Waals surface area contributed by atoms with E-state index in [0.717, 1.165) is 15.6 Å². The Kier molecular flexibility index (Phi) is 5.95. The Hall–Kier alpha value is -2.99. The third-order valence-electron chi connectivity index (χ3n) is 4.55. The van der Waals surface area contributed by atoms with Gasteiger partial charge < -0.3 is 9.84 Å². The summed E-state index contributed by atoms with van der Waals surface area (Å²) >= 11 is 4.84. The molecular weight excluding hydrogens is 466 g/mol. The molecule has 2 heterocycles. The quantitative estimate of drug-likeness (QED) is 0.445. The number of rotatable bonds is 6. The number of nitriles is 1. The van der Waals surface area contributed by atoms with Crippen LogP contribution in [0.1, 0.15) is 5.56 Å². The molecule has 0 bridgehead atoms. The van der Waals surface area contributed by atoms with Crippen molar-refractivity contribution >= 4 is 37.5 Å². The summed E-state index contributed by atoms with van der Waals surface area (Å²) in [5.41, 5.74) is 2.10. The zero-order valence-corrected chi connectivity index (χ0v) is 18.1. The van der Waals surface area contributed by atoms with Crippen LogP contribution in [0, 0.1) is 11.3 Å². The van der Waals surface area contributed by atoms with Gasteiger partial charge in [-0.2, -0.15) is 5.26 Å². The molecule has 1 unspecified atom stereocenters. The van der Waals surface area contributed by atoms with Gasteiger partial charge in [0.2, 0.25) is 0 Å². The van der Waals surface area contributed by atoms with Crippen LogP contribution >= 0.6 is 27.3 Å². The topological polar surface area (TPSA) is 88.1 Å². The third kappa shape index (κ3) is 4.28. The van der Waals surface area contributed by atoms with E-state index in [1.165, 1.54) is 22.2 Å². The van der Waals surface area contributed by atoms with Crippen molar-refractivity contribution in [2.45, 2.75) is 12.6 Å². The summed E-state index contributed by atoms with van der Waals surface area (Å²) in [5.74, 6) is 0.546. The smallest absolute Gasteiger partial charge is 0.262 e. The van der Waals surface area contributed by atoms with Crippen molar-refractivity contribution in [3.05, 3.63) is 80.6 Å². The number of aliphatic hydroxyl groups excluding tert-OH is 1. The van der Waals surface area contributed by atoms with Crippen molar-refractivity contribution in [1.29, 1.82) is 5.26 Å². The monoisotopic (exact) mass is 481 g/mol. The number of aliphatic hydroxyl groups is 1. The molecule has 1 atom stereocenters. The number of hydrogen-bond donors (Lipinski definition) is 1. The van der Waals surface area contributed by atoms with Crippen LogP contribution in [0.15, 0.2) is 69.5 Å². The van der Waals surface area contributed by atoms with Gasteiger partial charge in [0.1, 0.15) is 23.3 Å². The van der Waals surface area contributed by atoms with Gasteiger partial charge in [0.25, 0.3) is 5.56 Å². The highest BCUT2D eigenvalue weighted by molar-refractivity contribution is 9.10. The van der Waals surface area contributed by atoms with Crippen LogP contribution in [0.3, 0.4) is 0 Å². The summed E-state index contributed by atoms with van der Waals surface area (Å²) in [6.45, 7) is 0.0766. The fraction of sp³-hybridized carbons (Fsp3) is 0.136. The first-order chi connectivity index (χ1) is 14.5. The lowest BCUT2D eigenvalue weighted by Crippen LogP contribution is -2.30. The Morgan fingerprint density at radius 3 is 2.63 bits per heavy atom. The van der Waals surface area contributed by atoms with Gasteiger partial charge in [-0.15, -0.1) is 11.3 Å². The second-order valence-electron chi connectivity index (χ2n) is 6.64. The zero-order chi connectivity index (χ0) is 21.1. The third-order valence-corrected chi connectivity index (χ3v) is 5.96. The molecular formula is C22H16BrN3O3S. The Morgan fingerprint density at radius 2 is 1.93 bits per heavy atom. The van der Waals surface area contributed by atoms with Crippen molar-refractivity contribution in [3.8, 4) is 22.9 Å². The fourth-order valence-corrected chi connectivity index (χ4v) is 4.21. The predicted molar refractivity (Wildman–Crippen MR) is 120 cm³/mol. The average Bonchev–Trinajstić information content (AvgIpc) is 3.20. The first kappa shape index (κ1) is 20.3. The van der Waals surface area contributed by atoms with Gasteiger partial charge in [0, 0.05) is 15.4 Å². The number of aromatic nitrogens is 2. The molecule has 150 valence electrons.